The Balaban J connectivity index is 2.01. The second-order valence-electron chi connectivity index (χ2n) is 7.16. The molecule has 134 valence electrons. The minimum Gasteiger partial charge on any atom is -0.484 e. The molecule has 3 nitrogen and oxygen atoms in total. The summed E-state index contributed by atoms with van der Waals surface area (Å²) in [6.45, 7) is 10.6. The standard InChI is InChI=1S/C22H29NO2/c1-15(2)18-10-12-19(13-11-18)22(16(3)4)23-21(24)14-25-20-9-7-6-8-17(20)5/h6-13,15-16,22H,14H2,1-5H3,(H,23,24)/t22-/m0/s1. The average Bonchev–Trinajstić information content (AvgIpc) is 2.59. The van der Waals surface area contributed by atoms with Gasteiger partial charge in [0.15, 0.2) is 6.61 Å². The highest BCUT2D eigenvalue weighted by molar-refractivity contribution is 5.78. The summed E-state index contributed by atoms with van der Waals surface area (Å²) in [4.78, 5) is 12.4. The normalized spacial score (nSPS) is 12.3. The van der Waals surface area contributed by atoms with Crippen molar-refractivity contribution in [1.29, 1.82) is 0 Å². The van der Waals surface area contributed by atoms with Crippen LogP contribution in [-0.4, -0.2) is 12.5 Å². The summed E-state index contributed by atoms with van der Waals surface area (Å²) in [5.74, 6) is 1.45. The molecule has 25 heavy (non-hydrogen) atoms. The Morgan fingerprint density at radius 3 is 2.12 bits per heavy atom. The van der Waals surface area contributed by atoms with E-state index in [1.54, 1.807) is 0 Å². The summed E-state index contributed by atoms with van der Waals surface area (Å²) >= 11 is 0. The van der Waals surface area contributed by atoms with E-state index in [-0.39, 0.29) is 18.6 Å². The third kappa shape index (κ3) is 5.35. The van der Waals surface area contributed by atoms with Crippen LogP contribution < -0.4 is 10.1 Å². The fourth-order valence-corrected chi connectivity index (χ4v) is 2.80. The Kier molecular flexibility index (Phi) is 6.63. The molecule has 0 spiro atoms. The summed E-state index contributed by atoms with van der Waals surface area (Å²) in [6.07, 6.45) is 0. The van der Waals surface area contributed by atoms with Gasteiger partial charge in [0, 0.05) is 0 Å². The van der Waals surface area contributed by atoms with Crippen LogP contribution in [0.25, 0.3) is 0 Å². The van der Waals surface area contributed by atoms with Gasteiger partial charge in [-0.05, 0) is 41.5 Å². The maximum Gasteiger partial charge on any atom is 0.258 e. The molecule has 1 N–H and O–H groups in total. The topological polar surface area (TPSA) is 38.3 Å². The number of hydrogen-bond acceptors (Lipinski definition) is 2. The quantitative estimate of drug-likeness (QED) is 0.770. The van der Waals surface area contributed by atoms with E-state index in [2.05, 4.69) is 57.3 Å². The van der Waals surface area contributed by atoms with E-state index in [0.717, 1.165) is 16.9 Å². The van der Waals surface area contributed by atoms with Crippen molar-refractivity contribution in [3.8, 4) is 5.75 Å². The summed E-state index contributed by atoms with van der Waals surface area (Å²) in [7, 11) is 0. The van der Waals surface area contributed by atoms with Crippen LogP contribution in [0.3, 0.4) is 0 Å². The first-order valence-electron chi connectivity index (χ1n) is 8.96. The van der Waals surface area contributed by atoms with Crippen LogP contribution in [0.15, 0.2) is 48.5 Å². The van der Waals surface area contributed by atoms with Gasteiger partial charge >= 0.3 is 0 Å². The van der Waals surface area contributed by atoms with Crippen LogP contribution in [0.1, 0.15) is 56.3 Å². The molecule has 0 unspecified atom stereocenters. The monoisotopic (exact) mass is 339 g/mol. The minimum atomic E-state index is -0.102. The molecule has 0 saturated heterocycles. The summed E-state index contributed by atoms with van der Waals surface area (Å²) in [6, 6.07) is 16.2. The predicted octanol–water partition coefficient (Wildman–Crippen LogP) is 5.01. The number of benzene rings is 2. The molecule has 2 aromatic rings. The highest BCUT2D eigenvalue weighted by Crippen LogP contribution is 2.24. The summed E-state index contributed by atoms with van der Waals surface area (Å²) < 4.78 is 5.65. The van der Waals surface area contributed by atoms with Gasteiger partial charge in [0.05, 0.1) is 6.04 Å². The van der Waals surface area contributed by atoms with Crippen molar-refractivity contribution in [3.63, 3.8) is 0 Å². The number of nitrogens with one attached hydrogen (secondary N) is 1. The van der Waals surface area contributed by atoms with Gasteiger partial charge in [0.25, 0.3) is 5.91 Å². The van der Waals surface area contributed by atoms with Crippen LogP contribution in [0, 0.1) is 12.8 Å². The lowest BCUT2D eigenvalue weighted by Crippen LogP contribution is -2.35. The minimum absolute atomic E-state index is 0.0193. The van der Waals surface area contributed by atoms with Crippen molar-refractivity contribution in [3.05, 3.63) is 65.2 Å². The number of carbonyl (C=O) groups excluding carboxylic acids is 1. The third-order valence-electron chi connectivity index (χ3n) is 4.40. The number of hydrogen-bond donors (Lipinski definition) is 1. The van der Waals surface area contributed by atoms with Gasteiger partial charge in [0.2, 0.25) is 0 Å². The Morgan fingerprint density at radius 1 is 0.960 bits per heavy atom. The smallest absolute Gasteiger partial charge is 0.258 e. The largest absolute Gasteiger partial charge is 0.484 e. The Bertz CT molecular complexity index is 689. The lowest BCUT2D eigenvalue weighted by molar-refractivity contribution is -0.124. The van der Waals surface area contributed by atoms with E-state index in [0.29, 0.717) is 11.8 Å². The van der Waals surface area contributed by atoms with Crippen LogP contribution in [0.5, 0.6) is 5.75 Å². The molecule has 0 bridgehead atoms. The highest BCUT2D eigenvalue weighted by Gasteiger charge is 2.19. The van der Waals surface area contributed by atoms with Gasteiger partial charge in [-0.15, -0.1) is 0 Å². The molecule has 0 aliphatic rings. The second kappa shape index (κ2) is 8.70. The molecule has 2 aromatic carbocycles. The number of amides is 1. The van der Waals surface area contributed by atoms with Crippen LogP contribution in [-0.2, 0) is 4.79 Å². The first kappa shape index (κ1) is 19.0. The van der Waals surface area contributed by atoms with E-state index in [1.807, 2.05) is 31.2 Å². The molecule has 0 heterocycles. The summed E-state index contributed by atoms with van der Waals surface area (Å²) in [5.41, 5.74) is 3.46. The molecule has 0 aliphatic carbocycles. The molecule has 3 heteroatoms. The SMILES string of the molecule is Cc1ccccc1OCC(=O)N[C@H](c1ccc(C(C)C)cc1)C(C)C. The lowest BCUT2D eigenvalue weighted by atomic mass is 9.93. The fourth-order valence-electron chi connectivity index (χ4n) is 2.80. The van der Waals surface area contributed by atoms with Gasteiger partial charge in [-0.1, -0.05) is 70.2 Å². The lowest BCUT2D eigenvalue weighted by Gasteiger charge is -2.23. The molecule has 0 saturated carbocycles. The van der Waals surface area contributed by atoms with E-state index in [1.165, 1.54) is 5.56 Å². The number of carbonyl (C=O) groups is 1. The zero-order chi connectivity index (χ0) is 18.4. The molecular formula is C22H29NO2. The van der Waals surface area contributed by atoms with Gasteiger partial charge in [0.1, 0.15) is 5.75 Å². The molecule has 0 aromatic heterocycles. The third-order valence-corrected chi connectivity index (χ3v) is 4.40. The van der Waals surface area contributed by atoms with Gasteiger partial charge in [-0.25, -0.2) is 0 Å². The van der Waals surface area contributed by atoms with E-state index in [9.17, 15) is 4.79 Å². The zero-order valence-corrected chi connectivity index (χ0v) is 15.9. The van der Waals surface area contributed by atoms with E-state index < -0.39 is 0 Å². The number of ether oxygens (including phenoxy) is 1. The Morgan fingerprint density at radius 2 is 1.56 bits per heavy atom. The maximum absolute atomic E-state index is 12.4. The van der Waals surface area contributed by atoms with Crippen molar-refractivity contribution >= 4 is 5.91 Å². The molecule has 0 radical (unpaired) electrons. The zero-order valence-electron chi connectivity index (χ0n) is 15.9. The van der Waals surface area contributed by atoms with Crippen LogP contribution >= 0.6 is 0 Å². The van der Waals surface area contributed by atoms with Crippen molar-refractivity contribution in [2.45, 2.75) is 46.6 Å². The van der Waals surface area contributed by atoms with E-state index in [4.69, 9.17) is 4.74 Å². The maximum atomic E-state index is 12.4. The second-order valence-corrected chi connectivity index (χ2v) is 7.16. The van der Waals surface area contributed by atoms with Crippen LogP contribution in [0.4, 0.5) is 0 Å². The van der Waals surface area contributed by atoms with E-state index >= 15 is 0 Å². The molecule has 0 aliphatic heterocycles. The van der Waals surface area contributed by atoms with Gasteiger partial charge < -0.3 is 10.1 Å². The Hall–Kier alpha value is -2.29. The molecular weight excluding hydrogens is 310 g/mol. The molecule has 2 rings (SSSR count). The van der Waals surface area contributed by atoms with Gasteiger partial charge in [-0.3, -0.25) is 4.79 Å². The predicted molar refractivity (Wildman–Crippen MR) is 103 cm³/mol. The summed E-state index contributed by atoms with van der Waals surface area (Å²) in [5, 5.41) is 3.11. The van der Waals surface area contributed by atoms with Crippen molar-refractivity contribution in [2.24, 2.45) is 5.92 Å². The highest BCUT2D eigenvalue weighted by atomic mass is 16.5. The number of para-hydroxylation sites is 1. The molecule has 0 fully saturated rings. The van der Waals surface area contributed by atoms with Crippen molar-refractivity contribution in [2.75, 3.05) is 6.61 Å². The van der Waals surface area contributed by atoms with Crippen molar-refractivity contribution < 1.29 is 9.53 Å². The molecule has 1 amide bonds. The number of rotatable bonds is 7. The first-order chi connectivity index (χ1) is 11.9. The van der Waals surface area contributed by atoms with Crippen LogP contribution in [0.2, 0.25) is 0 Å². The average molecular weight is 339 g/mol. The molecule has 1 atom stereocenters. The fraction of sp³-hybridized carbons (Fsp3) is 0.409. The first-order valence-corrected chi connectivity index (χ1v) is 8.96. The number of aryl methyl sites for hydroxylation is 1. The van der Waals surface area contributed by atoms with Gasteiger partial charge in [-0.2, -0.15) is 0 Å². The van der Waals surface area contributed by atoms with Crippen molar-refractivity contribution in [1.82, 2.24) is 5.32 Å². The Labute approximate surface area is 151 Å².